The van der Waals surface area contributed by atoms with Crippen LogP contribution in [0.3, 0.4) is 0 Å². The second kappa shape index (κ2) is 9.72. The minimum absolute atomic E-state index is 0.0794. The molecule has 3 rings (SSSR count). The second-order valence-electron chi connectivity index (χ2n) is 7.41. The Morgan fingerprint density at radius 1 is 1.13 bits per heavy atom. The molecule has 1 aromatic carbocycles. The fourth-order valence-corrected chi connectivity index (χ4v) is 6.12. The number of piperidine rings is 1. The number of amides is 1. The van der Waals surface area contributed by atoms with Crippen LogP contribution in [0.4, 0.5) is 5.69 Å². The van der Waals surface area contributed by atoms with Gasteiger partial charge in [0, 0.05) is 24.8 Å². The normalized spacial score (nSPS) is 15.8. The molecule has 30 heavy (non-hydrogen) atoms. The summed E-state index contributed by atoms with van der Waals surface area (Å²) in [5.74, 6) is -1.15. The number of carbonyl (C=O) groups excluding carboxylic acids is 2. The van der Waals surface area contributed by atoms with Crippen molar-refractivity contribution in [1.29, 1.82) is 0 Å². The van der Waals surface area contributed by atoms with E-state index in [1.165, 1.54) is 15.6 Å². The number of benzene rings is 1. The molecule has 0 N–H and O–H groups in total. The Balaban J connectivity index is 1.53. The van der Waals surface area contributed by atoms with E-state index in [1.807, 2.05) is 44.2 Å². The van der Waals surface area contributed by atoms with Crippen molar-refractivity contribution in [3.8, 4) is 0 Å². The zero-order valence-electron chi connectivity index (χ0n) is 17.1. The molecule has 0 saturated carbocycles. The Bertz CT molecular complexity index is 951. The Kier molecular flexibility index (Phi) is 7.27. The number of esters is 1. The zero-order chi connectivity index (χ0) is 21.7. The van der Waals surface area contributed by atoms with Crippen LogP contribution < -0.4 is 4.90 Å². The summed E-state index contributed by atoms with van der Waals surface area (Å²) in [5, 5.41) is 1.73. The standard InChI is InChI=1S/C21H26N2O5S2/c1-16(2)23(18-7-4-3-5-8-18)19(24)15-28-21(25)17-10-12-22(13-11-17)30(26,27)20-9-6-14-29-20/h3-9,14,16-17H,10-13,15H2,1-2H3. The van der Waals surface area contributed by atoms with Crippen LogP contribution in [0.1, 0.15) is 26.7 Å². The van der Waals surface area contributed by atoms with Crippen molar-refractivity contribution in [3.05, 3.63) is 47.8 Å². The van der Waals surface area contributed by atoms with Gasteiger partial charge in [-0.2, -0.15) is 4.31 Å². The summed E-state index contributed by atoms with van der Waals surface area (Å²) < 4.78 is 32.2. The molecule has 162 valence electrons. The van der Waals surface area contributed by atoms with Gasteiger partial charge >= 0.3 is 5.97 Å². The van der Waals surface area contributed by atoms with E-state index in [9.17, 15) is 18.0 Å². The summed E-state index contributed by atoms with van der Waals surface area (Å²) in [5.41, 5.74) is 0.751. The average Bonchev–Trinajstić information content (AvgIpc) is 3.28. The fraction of sp³-hybridized carbons (Fsp3) is 0.429. The molecule has 1 aliphatic rings. The Hall–Kier alpha value is -2.23. The molecule has 1 amide bonds. The van der Waals surface area contributed by atoms with Crippen LogP contribution in [0.15, 0.2) is 52.1 Å². The highest BCUT2D eigenvalue weighted by Crippen LogP contribution is 2.27. The van der Waals surface area contributed by atoms with E-state index >= 15 is 0 Å². The van der Waals surface area contributed by atoms with E-state index in [0.29, 0.717) is 17.1 Å². The third kappa shape index (κ3) is 5.08. The fourth-order valence-electron chi connectivity index (χ4n) is 3.51. The Morgan fingerprint density at radius 3 is 2.37 bits per heavy atom. The Labute approximate surface area is 181 Å². The van der Waals surface area contributed by atoms with Gasteiger partial charge in [-0.3, -0.25) is 9.59 Å². The largest absolute Gasteiger partial charge is 0.455 e. The SMILES string of the molecule is CC(C)N(C(=O)COC(=O)C1CCN(S(=O)(=O)c2cccs2)CC1)c1ccccc1. The van der Waals surface area contributed by atoms with Crippen LogP contribution in [0, 0.1) is 5.92 Å². The Morgan fingerprint density at radius 2 is 1.80 bits per heavy atom. The molecule has 9 heteroatoms. The molecule has 0 radical (unpaired) electrons. The van der Waals surface area contributed by atoms with Crippen molar-refractivity contribution in [2.45, 2.75) is 36.9 Å². The van der Waals surface area contributed by atoms with Gasteiger partial charge < -0.3 is 9.64 Å². The van der Waals surface area contributed by atoms with Crippen LogP contribution in [-0.4, -0.2) is 50.3 Å². The van der Waals surface area contributed by atoms with E-state index in [4.69, 9.17) is 4.74 Å². The highest BCUT2D eigenvalue weighted by Gasteiger charge is 2.33. The van der Waals surface area contributed by atoms with Gasteiger partial charge in [-0.05, 0) is 50.3 Å². The van der Waals surface area contributed by atoms with E-state index in [2.05, 4.69) is 0 Å². The van der Waals surface area contributed by atoms with Crippen molar-refractivity contribution in [1.82, 2.24) is 4.31 Å². The summed E-state index contributed by atoms with van der Waals surface area (Å²) in [4.78, 5) is 26.7. The summed E-state index contributed by atoms with van der Waals surface area (Å²) in [7, 11) is -3.51. The first kappa shape index (κ1) is 22.5. The van der Waals surface area contributed by atoms with Gasteiger partial charge in [0.2, 0.25) is 0 Å². The summed E-state index contributed by atoms with van der Waals surface area (Å²) >= 11 is 1.18. The monoisotopic (exact) mass is 450 g/mol. The number of hydrogen-bond donors (Lipinski definition) is 0. The molecule has 1 aromatic heterocycles. The zero-order valence-corrected chi connectivity index (χ0v) is 18.7. The molecule has 0 spiro atoms. The number of thiophene rings is 1. The predicted molar refractivity (Wildman–Crippen MR) is 116 cm³/mol. The number of anilines is 1. The predicted octanol–water partition coefficient (Wildman–Crippen LogP) is 3.13. The van der Waals surface area contributed by atoms with Gasteiger partial charge in [0.05, 0.1) is 5.92 Å². The highest BCUT2D eigenvalue weighted by atomic mass is 32.2. The molecule has 0 bridgehead atoms. The van der Waals surface area contributed by atoms with E-state index < -0.39 is 21.9 Å². The van der Waals surface area contributed by atoms with Crippen LogP contribution in [0.5, 0.6) is 0 Å². The number of rotatable bonds is 7. The number of nitrogens with zero attached hydrogens (tertiary/aromatic N) is 2. The number of carbonyl (C=O) groups is 2. The van der Waals surface area contributed by atoms with Crippen molar-refractivity contribution in [3.63, 3.8) is 0 Å². The first-order valence-corrected chi connectivity index (χ1v) is 12.2. The lowest BCUT2D eigenvalue weighted by Gasteiger charge is -2.30. The maximum atomic E-state index is 12.6. The molecule has 0 unspecified atom stereocenters. The summed E-state index contributed by atoms with van der Waals surface area (Å²) in [6, 6.07) is 12.5. The van der Waals surface area contributed by atoms with Crippen molar-refractivity contribution >= 4 is 38.9 Å². The highest BCUT2D eigenvalue weighted by molar-refractivity contribution is 7.91. The minimum Gasteiger partial charge on any atom is -0.455 e. The van der Waals surface area contributed by atoms with E-state index in [0.717, 1.165) is 5.69 Å². The number of hydrogen-bond acceptors (Lipinski definition) is 6. The molecule has 1 saturated heterocycles. The first-order valence-electron chi connectivity index (χ1n) is 9.88. The average molecular weight is 451 g/mol. The third-order valence-electron chi connectivity index (χ3n) is 5.03. The molecule has 1 aliphatic heterocycles. The van der Waals surface area contributed by atoms with Gasteiger partial charge in [0.25, 0.3) is 15.9 Å². The minimum atomic E-state index is -3.51. The molecule has 2 heterocycles. The van der Waals surface area contributed by atoms with Crippen molar-refractivity contribution in [2.75, 3.05) is 24.6 Å². The lowest BCUT2D eigenvalue weighted by atomic mass is 9.98. The molecule has 0 atom stereocenters. The number of sulfonamides is 1. The molecule has 2 aromatic rings. The van der Waals surface area contributed by atoms with E-state index in [1.54, 1.807) is 22.4 Å². The lowest BCUT2D eigenvalue weighted by molar-refractivity contribution is -0.153. The number of para-hydroxylation sites is 1. The van der Waals surface area contributed by atoms with Gasteiger partial charge in [0.1, 0.15) is 4.21 Å². The maximum absolute atomic E-state index is 12.6. The quantitative estimate of drug-likeness (QED) is 0.605. The topological polar surface area (TPSA) is 84.0 Å². The van der Waals surface area contributed by atoms with Crippen LogP contribution in [0.25, 0.3) is 0 Å². The van der Waals surface area contributed by atoms with Crippen molar-refractivity contribution in [2.24, 2.45) is 5.92 Å². The van der Waals surface area contributed by atoms with Gasteiger partial charge in [-0.1, -0.05) is 24.3 Å². The third-order valence-corrected chi connectivity index (χ3v) is 8.31. The molecule has 1 fully saturated rings. The second-order valence-corrected chi connectivity index (χ2v) is 10.5. The maximum Gasteiger partial charge on any atom is 0.309 e. The lowest BCUT2D eigenvalue weighted by Crippen LogP contribution is -2.42. The van der Waals surface area contributed by atoms with Crippen LogP contribution in [-0.2, 0) is 24.3 Å². The molecular formula is C21H26N2O5S2. The van der Waals surface area contributed by atoms with Gasteiger partial charge in [-0.15, -0.1) is 11.3 Å². The molecule has 7 nitrogen and oxygen atoms in total. The first-order chi connectivity index (χ1) is 14.3. The smallest absolute Gasteiger partial charge is 0.309 e. The molecule has 0 aliphatic carbocycles. The number of ether oxygens (including phenoxy) is 1. The van der Waals surface area contributed by atoms with Gasteiger partial charge in [-0.25, -0.2) is 8.42 Å². The summed E-state index contributed by atoms with van der Waals surface area (Å²) in [6.07, 6.45) is 0.758. The van der Waals surface area contributed by atoms with Crippen molar-refractivity contribution < 1.29 is 22.7 Å². The molecular weight excluding hydrogens is 424 g/mol. The summed E-state index contributed by atoms with van der Waals surface area (Å²) in [6.45, 7) is 3.98. The van der Waals surface area contributed by atoms with Gasteiger partial charge in [0.15, 0.2) is 6.61 Å². The van der Waals surface area contributed by atoms with Crippen LogP contribution in [0.2, 0.25) is 0 Å². The van der Waals surface area contributed by atoms with E-state index in [-0.39, 0.29) is 31.6 Å². The van der Waals surface area contributed by atoms with Crippen LogP contribution >= 0.6 is 11.3 Å².